The second kappa shape index (κ2) is 5.37. The van der Waals surface area contributed by atoms with E-state index < -0.39 is 0 Å². The number of aryl methyl sites for hydroxylation is 1. The second-order valence-corrected chi connectivity index (χ2v) is 4.97. The summed E-state index contributed by atoms with van der Waals surface area (Å²) in [4.78, 5) is 9.19. The number of rotatable bonds is 4. The largest absolute Gasteiger partial charge is 0.370 e. The van der Waals surface area contributed by atoms with Crippen LogP contribution in [0.3, 0.4) is 0 Å². The molecule has 0 unspecified atom stereocenters. The number of hydrogen-bond donors (Lipinski definition) is 1. The van der Waals surface area contributed by atoms with Gasteiger partial charge in [-0.3, -0.25) is 4.68 Å². The number of nitriles is 1. The SMILES string of the molecule is CCNc1nc(Cc2cnn(C)c2)nc2c1C(C#N)=CC2. The lowest BCUT2D eigenvalue weighted by Crippen LogP contribution is -2.09. The molecular weight excluding hydrogens is 264 g/mol. The van der Waals surface area contributed by atoms with E-state index in [4.69, 9.17) is 0 Å². The normalized spacial score (nSPS) is 12.7. The highest BCUT2D eigenvalue weighted by atomic mass is 15.2. The number of hydrogen-bond acceptors (Lipinski definition) is 5. The highest BCUT2D eigenvalue weighted by Crippen LogP contribution is 2.31. The minimum absolute atomic E-state index is 0.640. The lowest BCUT2D eigenvalue weighted by Gasteiger charge is -2.11. The molecule has 6 heteroatoms. The van der Waals surface area contributed by atoms with Crippen molar-refractivity contribution in [2.24, 2.45) is 7.05 Å². The van der Waals surface area contributed by atoms with E-state index in [9.17, 15) is 5.26 Å². The van der Waals surface area contributed by atoms with Crippen LogP contribution in [-0.4, -0.2) is 26.3 Å². The van der Waals surface area contributed by atoms with Crippen molar-refractivity contribution >= 4 is 11.4 Å². The Morgan fingerprint density at radius 3 is 2.95 bits per heavy atom. The molecule has 0 atom stereocenters. The molecule has 0 bridgehead atoms. The van der Waals surface area contributed by atoms with E-state index in [2.05, 4.69) is 26.5 Å². The molecule has 0 saturated carbocycles. The van der Waals surface area contributed by atoms with Crippen molar-refractivity contribution in [3.05, 3.63) is 41.1 Å². The molecule has 21 heavy (non-hydrogen) atoms. The van der Waals surface area contributed by atoms with E-state index in [0.717, 1.165) is 35.0 Å². The van der Waals surface area contributed by atoms with Crippen molar-refractivity contribution in [3.8, 4) is 6.07 Å². The highest BCUT2D eigenvalue weighted by molar-refractivity contribution is 5.87. The zero-order valence-electron chi connectivity index (χ0n) is 12.1. The van der Waals surface area contributed by atoms with Crippen LogP contribution < -0.4 is 5.32 Å². The van der Waals surface area contributed by atoms with Crippen LogP contribution in [0.2, 0.25) is 0 Å². The molecule has 0 amide bonds. The average molecular weight is 280 g/mol. The topological polar surface area (TPSA) is 79.4 Å². The maximum absolute atomic E-state index is 9.20. The van der Waals surface area contributed by atoms with Crippen LogP contribution in [0.25, 0.3) is 5.57 Å². The van der Waals surface area contributed by atoms with Gasteiger partial charge in [0.2, 0.25) is 0 Å². The van der Waals surface area contributed by atoms with Gasteiger partial charge < -0.3 is 5.32 Å². The molecule has 2 aromatic rings. The molecule has 0 fully saturated rings. The van der Waals surface area contributed by atoms with Crippen LogP contribution >= 0.6 is 0 Å². The molecule has 0 spiro atoms. The maximum atomic E-state index is 9.20. The van der Waals surface area contributed by atoms with Crippen LogP contribution in [0.15, 0.2) is 18.5 Å². The van der Waals surface area contributed by atoms with Gasteiger partial charge in [0.15, 0.2) is 0 Å². The average Bonchev–Trinajstić information content (AvgIpc) is 3.05. The van der Waals surface area contributed by atoms with E-state index in [-0.39, 0.29) is 0 Å². The second-order valence-electron chi connectivity index (χ2n) is 4.97. The molecule has 6 nitrogen and oxygen atoms in total. The van der Waals surface area contributed by atoms with Gasteiger partial charge in [0.05, 0.1) is 29.1 Å². The van der Waals surface area contributed by atoms with Gasteiger partial charge in [-0.1, -0.05) is 6.08 Å². The first-order valence-corrected chi connectivity index (χ1v) is 6.93. The Bertz CT molecular complexity index is 750. The summed E-state index contributed by atoms with van der Waals surface area (Å²) in [6, 6.07) is 2.22. The minimum Gasteiger partial charge on any atom is -0.370 e. The van der Waals surface area contributed by atoms with E-state index in [0.29, 0.717) is 18.4 Å². The number of fused-ring (bicyclic) bond motifs is 1. The predicted molar refractivity (Wildman–Crippen MR) is 79.5 cm³/mol. The van der Waals surface area contributed by atoms with Gasteiger partial charge >= 0.3 is 0 Å². The molecule has 2 heterocycles. The predicted octanol–water partition coefficient (Wildman–Crippen LogP) is 1.70. The minimum atomic E-state index is 0.640. The monoisotopic (exact) mass is 280 g/mol. The molecule has 3 rings (SSSR count). The number of allylic oxidation sites excluding steroid dienone is 2. The Balaban J connectivity index is 1.98. The molecule has 0 radical (unpaired) electrons. The van der Waals surface area contributed by atoms with E-state index in [1.54, 1.807) is 4.68 Å². The van der Waals surface area contributed by atoms with Gasteiger partial charge in [-0.15, -0.1) is 0 Å². The van der Waals surface area contributed by atoms with Gasteiger partial charge in [0, 0.05) is 32.6 Å². The van der Waals surface area contributed by atoms with Crippen molar-refractivity contribution in [2.45, 2.75) is 19.8 Å². The van der Waals surface area contributed by atoms with Gasteiger partial charge in [-0.05, 0) is 12.5 Å². The van der Waals surface area contributed by atoms with Crippen LogP contribution in [0.4, 0.5) is 5.82 Å². The first-order chi connectivity index (χ1) is 10.2. The fourth-order valence-corrected chi connectivity index (χ4v) is 2.51. The summed E-state index contributed by atoms with van der Waals surface area (Å²) in [5.41, 5.74) is 3.52. The van der Waals surface area contributed by atoms with Gasteiger partial charge in [0.1, 0.15) is 11.6 Å². The summed E-state index contributed by atoms with van der Waals surface area (Å²) >= 11 is 0. The maximum Gasteiger partial charge on any atom is 0.138 e. The Kier molecular flexibility index (Phi) is 3.40. The first-order valence-electron chi connectivity index (χ1n) is 6.93. The number of nitrogens with zero attached hydrogens (tertiary/aromatic N) is 5. The molecule has 1 aliphatic rings. The summed E-state index contributed by atoms with van der Waals surface area (Å²) in [5.74, 6) is 1.51. The van der Waals surface area contributed by atoms with E-state index in [1.165, 1.54) is 0 Å². The summed E-state index contributed by atoms with van der Waals surface area (Å²) in [6.07, 6.45) is 7.03. The number of aromatic nitrogens is 4. The van der Waals surface area contributed by atoms with Gasteiger partial charge in [-0.2, -0.15) is 10.4 Å². The molecule has 1 N–H and O–H groups in total. The molecule has 0 aliphatic heterocycles. The Labute approximate surface area is 123 Å². The summed E-state index contributed by atoms with van der Waals surface area (Å²) < 4.78 is 1.77. The van der Waals surface area contributed by atoms with Crippen molar-refractivity contribution in [1.29, 1.82) is 5.26 Å². The van der Waals surface area contributed by atoms with Gasteiger partial charge in [-0.25, -0.2) is 9.97 Å². The summed E-state index contributed by atoms with van der Waals surface area (Å²) in [7, 11) is 1.89. The lowest BCUT2D eigenvalue weighted by molar-refractivity contribution is 0.767. The van der Waals surface area contributed by atoms with E-state index in [1.807, 2.05) is 32.4 Å². The van der Waals surface area contributed by atoms with Crippen LogP contribution in [-0.2, 0) is 19.9 Å². The Morgan fingerprint density at radius 2 is 2.29 bits per heavy atom. The van der Waals surface area contributed by atoms with Crippen molar-refractivity contribution < 1.29 is 0 Å². The zero-order chi connectivity index (χ0) is 14.8. The third-order valence-corrected chi connectivity index (χ3v) is 3.38. The molecule has 2 aromatic heterocycles. The van der Waals surface area contributed by atoms with Crippen molar-refractivity contribution in [3.63, 3.8) is 0 Å². The molecular formula is C15H16N6. The molecule has 1 aliphatic carbocycles. The van der Waals surface area contributed by atoms with E-state index >= 15 is 0 Å². The molecule has 106 valence electrons. The fraction of sp³-hybridized carbons (Fsp3) is 0.333. The Hall–Kier alpha value is -2.68. The quantitative estimate of drug-likeness (QED) is 0.922. The number of nitrogens with one attached hydrogen (secondary N) is 1. The van der Waals surface area contributed by atoms with Crippen LogP contribution in [0, 0.1) is 11.3 Å². The zero-order valence-corrected chi connectivity index (χ0v) is 12.1. The third-order valence-electron chi connectivity index (χ3n) is 3.38. The molecule has 0 aromatic carbocycles. The third kappa shape index (κ3) is 2.50. The Morgan fingerprint density at radius 1 is 1.43 bits per heavy atom. The summed E-state index contributed by atoms with van der Waals surface area (Å²) in [5, 5.41) is 16.6. The fourth-order valence-electron chi connectivity index (χ4n) is 2.51. The number of anilines is 1. The van der Waals surface area contributed by atoms with Gasteiger partial charge in [0.25, 0.3) is 0 Å². The van der Waals surface area contributed by atoms with Crippen molar-refractivity contribution in [2.75, 3.05) is 11.9 Å². The lowest BCUT2D eigenvalue weighted by atomic mass is 10.1. The smallest absolute Gasteiger partial charge is 0.138 e. The van der Waals surface area contributed by atoms with Crippen molar-refractivity contribution in [1.82, 2.24) is 19.7 Å². The summed E-state index contributed by atoms with van der Waals surface area (Å²) in [6.45, 7) is 2.77. The van der Waals surface area contributed by atoms with Crippen LogP contribution in [0.5, 0.6) is 0 Å². The highest BCUT2D eigenvalue weighted by Gasteiger charge is 2.22. The van der Waals surface area contributed by atoms with Crippen LogP contribution in [0.1, 0.15) is 29.6 Å². The first kappa shape index (κ1) is 13.3. The molecule has 0 saturated heterocycles. The standard InChI is InChI=1S/C15H16N6/c1-3-17-15-14-11(7-16)4-5-12(14)19-13(20-15)6-10-8-18-21(2)9-10/h4,8-9H,3,5-6H2,1-2H3,(H,17,19,20).